The number of nitrogens with two attached hydrogens (primary N) is 1. The van der Waals surface area contributed by atoms with Gasteiger partial charge in [-0.1, -0.05) is 91.0 Å². The minimum absolute atomic E-state index is 0.685. The van der Waals surface area contributed by atoms with Crippen molar-refractivity contribution >= 4 is 76.2 Å². The van der Waals surface area contributed by atoms with Gasteiger partial charge in [-0.3, -0.25) is 4.79 Å². The number of carbonyl (C=O) groups excluding carboxylic acids is 1. The van der Waals surface area contributed by atoms with E-state index in [0.717, 1.165) is 22.9 Å². The SMILES string of the molecule is Brc1cc2c(cc1Br)C1C=CC2C1.Nc1ccc2ccc3cccc4ccc1c2c34.O=Cc1ccccc1. The smallest absolute Gasteiger partial charge is 0.150 e. The first-order chi connectivity index (χ1) is 18.5. The molecule has 0 saturated heterocycles. The number of benzene rings is 6. The van der Waals surface area contributed by atoms with E-state index in [2.05, 4.69) is 105 Å². The summed E-state index contributed by atoms with van der Waals surface area (Å²) < 4.78 is 2.35. The van der Waals surface area contributed by atoms with Crippen molar-refractivity contribution in [3.05, 3.63) is 135 Å². The minimum Gasteiger partial charge on any atom is -0.398 e. The van der Waals surface area contributed by atoms with Crippen molar-refractivity contribution in [2.24, 2.45) is 0 Å². The molecule has 6 aromatic carbocycles. The average molecular weight is 623 g/mol. The lowest BCUT2D eigenvalue weighted by molar-refractivity contribution is 0.112. The summed E-state index contributed by atoms with van der Waals surface area (Å²) in [6.45, 7) is 0. The number of allylic oxidation sites excluding steroid dienone is 2. The molecule has 2 bridgehead atoms. The second kappa shape index (κ2) is 10.4. The number of fused-ring (bicyclic) bond motifs is 5. The molecule has 0 aliphatic heterocycles. The van der Waals surface area contributed by atoms with Crippen molar-refractivity contribution in [3.63, 3.8) is 0 Å². The molecule has 0 radical (unpaired) electrons. The highest BCUT2D eigenvalue weighted by Crippen LogP contribution is 2.50. The van der Waals surface area contributed by atoms with Gasteiger partial charge in [0, 0.05) is 37.4 Å². The number of anilines is 1. The molecule has 2 unspecified atom stereocenters. The molecular formula is C34H25Br2NO. The number of nitrogen functional groups attached to an aromatic ring is 1. The predicted molar refractivity (Wildman–Crippen MR) is 167 cm³/mol. The van der Waals surface area contributed by atoms with Crippen LogP contribution in [0.15, 0.2) is 118 Å². The maximum atomic E-state index is 10.0. The summed E-state index contributed by atoms with van der Waals surface area (Å²) in [5.74, 6) is 1.37. The van der Waals surface area contributed by atoms with Crippen LogP contribution in [0.3, 0.4) is 0 Å². The first-order valence-electron chi connectivity index (χ1n) is 12.6. The minimum atomic E-state index is 0.685. The van der Waals surface area contributed by atoms with Crippen LogP contribution in [-0.2, 0) is 0 Å². The number of rotatable bonds is 1. The molecule has 8 rings (SSSR count). The Morgan fingerprint density at radius 1 is 0.658 bits per heavy atom. The molecule has 186 valence electrons. The molecule has 2 N–H and O–H groups in total. The summed E-state index contributed by atoms with van der Waals surface area (Å²) in [7, 11) is 0. The number of halogens is 2. The molecular weight excluding hydrogens is 598 g/mol. The van der Waals surface area contributed by atoms with Crippen LogP contribution in [0.25, 0.3) is 32.3 Å². The molecule has 4 heteroatoms. The molecule has 0 aromatic heterocycles. The lowest BCUT2D eigenvalue weighted by Gasteiger charge is -2.11. The van der Waals surface area contributed by atoms with Crippen LogP contribution < -0.4 is 5.73 Å². The van der Waals surface area contributed by atoms with Gasteiger partial charge >= 0.3 is 0 Å². The molecule has 0 heterocycles. The number of hydrogen-bond acceptors (Lipinski definition) is 2. The van der Waals surface area contributed by atoms with E-state index in [4.69, 9.17) is 5.73 Å². The van der Waals surface area contributed by atoms with Crippen molar-refractivity contribution in [3.8, 4) is 0 Å². The molecule has 2 aliphatic rings. The third-order valence-corrected chi connectivity index (χ3v) is 9.35. The van der Waals surface area contributed by atoms with Crippen molar-refractivity contribution in [2.75, 3.05) is 5.73 Å². The lowest BCUT2D eigenvalue weighted by Crippen LogP contribution is -1.92. The van der Waals surface area contributed by atoms with Crippen molar-refractivity contribution < 1.29 is 4.79 Å². The van der Waals surface area contributed by atoms with E-state index in [0.29, 0.717) is 11.8 Å². The van der Waals surface area contributed by atoms with E-state index in [9.17, 15) is 4.79 Å². The molecule has 2 atom stereocenters. The quantitative estimate of drug-likeness (QED) is 0.0858. The van der Waals surface area contributed by atoms with Gasteiger partial charge in [-0.25, -0.2) is 0 Å². The van der Waals surface area contributed by atoms with Crippen LogP contribution in [0.2, 0.25) is 0 Å². The van der Waals surface area contributed by atoms with Crippen molar-refractivity contribution in [1.29, 1.82) is 0 Å². The zero-order chi connectivity index (χ0) is 26.2. The Kier molecular flexibility index (Phi) is 6.77. The van der Waals surface area contributed by atoms with Crippen molar-refractivity contribution in [2.45, 2.75) is 18.3 Å². The lowest BCUT2D eigenvalue weighted by atomic mass is 9.94. The monoisotopic (exact) mass is 621 g/mol. The van der Waals surface area contributed by atoms with E-state index >= 15 is 0 Å². The van der Waals surface area contributed by atoms with Crippen LogP contribution in [0.5, 0.6) is 0 Å². The largest absolute Gasteiger partial charge is 0.398 e. The van der Waals surface area contributed by atoms with Gasteiger partial charge in [-0.2, -0.15) is 0 Å². The van der Waals surface area contributed by atoms with Crippen LogP contribution >= 0.6 is 31.9 Å². The molecule has 0 saturated carbocycles. The molecule has 6 aromatic rings. The van der Waals surface area contributed by atoms with Crippen LogP contribution in [0.4, 0.5) is 5.69 Å². The summed E-state index contributed by atoms with van der Waals surface area (Å²) in [6, 6.07) is 32.7. The zero-order valence-corrected chi connectivity index (χ0v) is 23.7. The van der Waals surface area contributed by atoms with Gasteiger partial charge in [0.15, 0.2) is 0 Å². The van der Waals surface area contributed by atoms with Crippen LogP contribution in [0.1, 0.15) is 39.7 Å². The summed E-state index contributed by atoms with van der Waals surface area (Å²) in [4.78, 5) is 10.0. The molecule has 2 aliphatic carbocycles. The molecule has 2 nitrogen and oxygen atoms in total. The Bertz CT molecular complexity index is 1760. The maximum Gasteiger partial charge on any atom is 0.150 e. The van der Waals surface area contributed by atoms with Gasteiger partial charge in [0.25, 0.3) is 0 Å². The summed E-state index contributed by atoms with van der Waals surface area (Å²) in [6.07, 6.45) is 6.80. The second-order valence-corrected chi connectivity index (χ2v) is 11.5. The van der Waals surface area contributed by atoms with Gasteiger partial charge in [0.05, 0.1) is 0 Å². The summed E-state index contributed by atoms with van der Waals surface area (Å²) in [5.41, 5.74) is 10.7. The Morgan fingerprint density at radius 3 is 1.79 bits per heavy atom. The highest BCUT2D eigenvalue weighted by Gasteiger charge is 2.32. The van der Waals surface area contributed by atoms with E-state index < -0.39 is 0 Å². The third-order valence-electron chi connectivity index (χ3n) is 7.51. The fraction of sp³-hybridized carbons (Fsp3) is 0.0882. The fourth-order valence-electron chi connectivity index (χ4n) is 5.67. The number of aldehydes is 1. The molecule has 38 heavy (non-hydrogen) atoms. The molecule has 0 spiro atoms. The Morgan fingerprint density at radius 2 is 1.21 bits per heavy atom. The molecule has 0 fully saturated rings. The maximum absolute atomic E-state index is 10.0. The van der Waals surface area contributed by atoms with Crippen LogP contribution in [0, 0.1) is 0 Å². The Balaban J connectivity index is 0.000000112. The standard InChI is InChI=1S/C16H11N.C11H8Br2.C7H6O/c17-14-9-7-12-5-4-10-2-1-3-11-6-8-13(14)16(12)15(10)11;12-10-4-8-6-1-2-7(3-6)9(8)5-11(10)13;8-6-7-4-2-1-3-5-7/h1-9H,17H2;1-2,4-7H,3H2;1-6H. The normalized spacial score (nSPS) is 16.7. The van der Waals surface area contributed by atoms with E-state index in [-0.39, 0.29) is 0 Å². The first-order valence-corrected chi connectivity index (χ1v) is 14.2. The van der Waals surface area contributed by atoms with Gasteiger partial charge < -0.3 is 5.73 Å². The van der Waals surface area contributed by atoms with Gasteiger partial charge in [0.2, 0.25) is 0 Å². The van der Waals surface area contributed by atoms with Gasteiger partial charge in [0.1, 0.15) is 6.29 Å². The highest BCUT2D eigenvalue weighted by molar-refractivity contribution is 9.13. The third kappa shape index (κ3) is 4.53. The second-order valence-electron chi connectivity index (χ2n) is 9.77. The molecule has 0 amide bonds. The Hall–Kier alpha value is -3.47. The first kappa shape index (κ1) is 24.8. The van der Waals surface area contributed by atoms with Gasteiger partial charge in [-0.15, -0.1) is 0 Å². The van der Waals surface area contributed by atoms with Gasteiger partial charge in [-0.05, 0) is 94.5 Å². The summed E-state index contributed by atoms with van der Waals surface area (Å²) in [5, 5.41) is 7.61. The highest BCUT2D eigenvalue weighted by atomic mass is 79.9. The predicted octanol–water partition coefficient (Wildman–Crippen LogP) is 10.0. The topological polar surface area (TPSA) is 43.1 Å². The van der Waals surface area contributed by atoms with E-state index in [1.165, 1.54) is 53.4 Å². The Labute approximate surface area is 238 Å². The van der Waals surface area contributed by atoms with Crippen LogP contribution in [-0.4, -0.2) is 6.29 Å². The van der Waals surface area contributed by atoms with E-state index in [1.807, 2.05) is 24.3 Å². The fourth-order valence-corrected chi connectivity index (χ4v) is 6.39. The van der Waals surface area contributed by atoms with Crippen molar-refractivity contribution in [1.82, 2.24) is 0 Å². The average Bonchev–Trinajstić information content (AvgIpc) is 3.57. The van der Waals surface area contributed by atoms with E-state index in [1.54, 1.807) is 12.1 Å². The summed E-state index contributed by atoms with van der Waals surface area (Å²) >= 11 is 7.10. The zero-order valence-electron chi connectivity index (χ0n) is 20.6. The number of carbonyl (C=O) groups is 1. The number of hydrogen-bond donors (Lipinski definition) is 1.